The molecule has 0 bridgehead atoms. The van der Waals surface area contributed by atoms with E-state index in [1.54, 1.807) is 22.6 Å². The number of halogens is 1. The summed E-state index contributed by atoms with van der Waals surface area (Å²) >= 11 is 1.71. The van der Waals surface area contributed by atoms with Crippen molar-refractivity contribution in [3.8, 4) is 0 Å². The van der Waals surface area contributed by atoms with Gasteiger partial charge in [0.05, 0.1) is 3.57 Å². The molecule has 0 radical (unpaired) electrons. The van der Waals surface area contributed by atoms with Crippen molar-refractivity contribution in [3.05, 3.63) is 41.0 Å². The van der Waals surface area contributed by atoms with Gasteiger partial charge in [-0.1, -0.05) is 5.11 Å². The van der Waals surface area contributed by atoms with Crippen LogP contribution in [0, 0.1) is 3.57 Å². The van der Waals surface area contributed by atoms with Crippen molar-refractivity contribution in [2.75, 3.05) is 0 Å². The van der Waals surface area contributed by atoms with Gasteiger partial charge in [-0.25, -0.2) is 4.79 Å². The summed E-state index contributed by atoms with van der Waals surface area (Å²) in [5.74, 6) is 0. The molecule has 0 amide bonds. The predicted molar refractivity (Wildman–Crippen MR) is 73.7 cm³/mol. The minimum atomic E-state index is -1.71. The number of aliphatic hydroxyl groups is 2. The summed E-state index contributed by atoms with van der Waals surface area (Å²) in [7, 11) is 0. The first-order chi connectivity index (χ1) is 9.30. The van der Waals surface area contributed by atoms with E-state index in [0.717, 1.165) is 4.57 Å². The Hall–Kier alpha value is -1.40. The van der Waals surface area contributed by atoms with Crippen LogP contribution in [0.15, 0.2) is 20.9 Å². The number of azide groups is 1. The van der Waals surface area contributed by atoms with Crippen molar-refractivity contribution in [1.82, 2.24) is 9.55 Å². The summed E-state index contributed by atoms with van der Waals surface area (Å²) in [6.45, 7) is 1.28. The first kappa shape index (κ1) is 15.0. The molecule has 0 saturated carbocycles. The van der Waals surface area contributed by atoms with Crippen LogP contribution in [-0.4, -0.2) is 37.7 Å². The molecule has 0 aliphatic carbocycles. The van der Waals surface area contributed by atoms with E-state index in [0.29, 0.717) is 0 Å². The van der Waals surface area contributed by atoms with E-state index >= 15 is 0 Å². The van der Waals surface area contributed by atoms with Gasteiger partial charge in [-0.05, 0) is 35.0 Å². The summed E-state index contributed by atoms with van der Waals surface area (Å²) in [6.07, 6.45) is -3.10. The lowest BCUT2D eigenvalue weighted by Gasteiger charge is -2.20. The van der Waals surface area contributed by atoms with Gasteiger partial charge in [-0.3, -0.25) is 14.3 Å². The maximum Gasteiger partial charge on any atom is 0.330 e. The Kier molecular flexibility index (Phi) is 3.88. The highest BCUT2D eigenvalue weighted by Crippen LogP contribution is 2.37. The second kappa shape index (κ2) is 5.18. The second-order valence-electron chi connectivity index (χ2n) is 4.33. The molecular weight excluding hydrogens is 385 g/mol. The van der Waals surface area contributed by atoms with E-state index in [4.69, 9.17) is 10.3 Å². The van der Waals surface area contributed by atoms with Gasteiger partial charge in [-0.2, -0.15) is 0 Å². The van der Waals surface area contributed by atoms with Crippen LogP contribution in [0.5, 0.6) is 0 Å². The number of hydrogen-bond acceptors (Lipinski definition) is 6. The molecule has 1 saturated heterocycles. The minimum Gasteiger partial charge on any atom is -0.387 e. The van der Waals surface area contributed by atoms with E-state index in [9.17, 15) is 19.8 Å². The van der Waals surface area contributed by atoms with Crippen LogP contribution >= 0.6 is 22.6 Å². The minimum absolute atomic E-state index is 0.199. The molecule has 10 nitrogen and oxygen atoms in total. The number of H-pyrrole nitrogens is 1. The molecule has 3 N–H and O–H groups in total. The van der Waals surface area contributed by atoms with E-state index < -0.39 is 35.4 Å². The van der Waals surface area contributed by atoms with Gasteiger partial charge in [0, 0.05) is 11.1 Å². The number of aliphatic hydroxyl groups excluding tert-OH is 2. The Morgan fingerprint density at radius 2 is 2.25 bits per heavy atom. The maximum atomic E-state index is 11.7. The highest BCUT2D eigenvalue weighted by molar-refractivity contribution is 14.1. The molecule has 1 aromatic rings. The Balaban J connectivity index is 2.50. The third-order valence-electron chi connectivity index (χ3n) is 2.97. The van der Waals surface area contributed by atoms with Crippen LogP contribution in [0.3, 0.4) is 0 Å². The fraction of sp³-hybridized carbons (Fsp3) is 0.556. The molecule has 2 rings (SSSR count). The van der Waals surface area contributed by atoms with Crippen molar-refractivity contribution in [3.63, 3.8) is 0 Å². The Labute approximate surface area is 124 Å². The van der Waals surface area contributed by atoms with Crippen LogP contribution in [-0.2, 0) is 4.74 Å². The summed E-state index contributed by atoms with van der Waals surface area (Å²) in [5, 5.41) is 23.1. The zero-order valence-electron chi connectivity index (χ0n) is 10.1. The quantitative estimate of drug-likeness (QED) is 0.265. The molecule has 20 heavy (non-hydrogen) atoms. The van der Waals surface area contributed by atoms with E-state index in [2.05, 4.69) is 10.0 Å². The van der Waals surface area contributed by atoms with Crippen LogP contribution < -0.4 is 11.2 Å². The van der Waals surface area contributed by atoms with Crippen LogP contribution in [0.1, 0.15) is 13.2 Å². The lowest BCUT2D eigenvalue weighted by Crippen LogP contribution is -2.39. The standard InChI is InChI=1S/C9H10IN5O5/c1-9(13-14-11)5(17)4(16)7(20-9)15-2-3(10)6(18)12-8(15)19/h2,4-5,7,16-17H,1H3,(H,12,18,19)/t4-,5+,7-,9-/m1/s1. The molecule has 108 valence electrons. The number of nitrogens with one attached hydrogen (secondary N) is 1. The maximum absolute atomic E-state index is 11.7. The fourth-order valence-electron chi connectivity index (χ4n) is 1.90. The van der Waals surface area contributed by atoms with Crippen LogP contribution in [0.2, 0.25) is 0 Å². The van der Waals surface area contributed by atoms with Crippen molar-refractivity contribution >= 4 is 22.6 Å². The topological polar surface area (TPSA) is 153 Å². The van der Waals surface area contributed by atoms with Gasteiger partial charge < -0.3 is 14.9 Å². The molecule has 11 heteroatoms. The zero-order chi connectivity index (χ0) is 15.1. The van der Waals surface area contributed by atoms with Crippen molar-refractivity contribution in [2.24, 2.45) is 5.11 Å². The molecule has 0 spiro atoms. The smallest absolute Gasteiger partial charge is 0.330 e. The van der Waals surface area contributed by atoms with Gasteiger partial charge in [0.1, 0.15) is 12.2 Å². The molecule has 0 aromatic carbocycles. The lowest BCUT2D eigenvalue weighted by atomic mass is 10.1. The van der Waals surface area contributed by atoms with Crippen molar-refractivity contribution < 1.29 is 14.9 Å². The zero-order valence-corrected chi connectivity index (χ0v) is 12.3. The second-order valence-corrected chi connectivity index (χ2v) is 5.49. The van der Waals surface area contributed by atoms with E-state index in [-0.39, 0.29) is 3.57 Å². The third-order valence-corrected chi connectivity index (χ3v) is 3.73. The van der Waals surface area contributed by atoms with Crippen LogP contribution in [0.25, 0.3) is 10.4 Å². The number of aromatic nitrogens is 2. The number of rotatable bonds is 2. The van der Waals surface area contributed by atoms with Crippen molar-refractivity contribution in [2.45, 2.75) is 31.1 Å². The summed E-state index contributed by atoms with van der Waals surface area (Å²) in [4.78, 5) is 27.6. The number of hydrogen-bond donors (Lipinski definition) is 3. The first-order valence-electron chi connectivity index (χ1n) is 5.41. The number of aromatic amines is 1. The predicted octanol–water partition coefficient (Wildman–Crippen LogP) is -0.582. The molecule has 4 atom stereocenters. The van der Waals surface area contributed by atoms with Crippen molar-refractivity contribution in [1.29, 1.82) is 0 Å². The van der Waals surface area contributed by atoms with Gasteiger partial charge >= 0.3 is 5.69 Å². The van der Waals surface area contributed by atoms with E-state index in [1.807, 2.05) is 4.98 Å². The Bertz CT molecular complexity index is 695. The number of ether oxygens (including phenoxy) is 1. The summed E-state index contributed by atoms with van der Waals surface area (Å²) < 4.78 is 6.42. The summed E-state index contributed by atoms with van der Waals surface area (Å²) in [6, 6.07) is 0. The average Bonchev–Trinajstić information content (AvgIpc) is 2.59. The van der Waals surface area contributed by atoms with E-state index in [1.165, 1.54) is 13.1 Å². The summed E-state index contributed by atoms with van der Waals surface area (Å²) in [5.41, 5.74) is 5.37. The third kappa shape index (κ3) is 2.33. The largest absolute Gasteiger partial charge is 0.387 e. The average molecular weight is 395 g/mol. The molecule has 1 aliphatic heterocycles. The first-order valence-corrected chi connectivity index (χ1v) is 6.49. The molecular formula is C9H10IN5O5. The highest BCUT2D eigenvalue weighted by Gasteiger charge is 2.52. The molecule has 0 unspecified atom stereocenters. The lowest BCUT2D eigenvalue weighted by molar-refractivity contribution is -0.0901. The normalized spacial score (nSPS) is 32.9. The molecule has 1 aromatic heterocycles. The van der Waals surface area contributed by atoms with Crippen LogP contribution in [0.4, 0.5) is 0 Å². The number of nitrogens with zero attached hydrogens (tertiary/aromatic N) is 4. The van der Waals surface area contributed by atoms with Gasteiger partial charge in [-0.15, -0.1) is 0 Å². The molecule has 1 fully saturated rings. The SMILES string of the molecule is C[C@@]1(N=[N+]=[N-])O[C@@H](n2cc(I)c(=O)[nH]c2=O)[C@H](O)[C@@H]1O. The molecule has 1 aliphatic rings. The highest BCUT2D eigenvalue weighted by atomic mass is 127. The van der Waals surface area contributed by atoms with Gasteiger partial charge in [0.15, 0.2) is 12.0 Å². The van der Waals surface area contributed by atoms with Gasteiger partial charge in [0.2, 0.25) is 0 Å². The monoisotopic (exact) mass is 395 g/mol. The Morgan fingerprint density at radius 3 is 2.85 bits per heavy atom. The Morgan fingerprint density at radius 1 is 1.60 bits per heavy atom. The fourth-order valence-corrected chi connectivity index (χ4v) is 2.33. The molecule has 2 heterocycles. The van der Waals surface area contributed by atoms with Gasteiger partial charge in [0.25, 0.3) is 5.56 Å².